The van der Waals surface area contributed by atoms with E-state index < -0.39 is 0 Å². The average molecular weight is 186 g/mol. The second-order valence-corrected chi connectivity index (χ2v) is 6.02. The van der Waals surface area contributed by atoms with Gasteiger partial charge in [-0.1, -0.05) is 34.6 Å². The van der Waals surface area contributed by atoms with Crippen molar-refractivity contribution in [1.82, 2.24) is 0 Å². The fraction of sp³-hybridized carbons (Fsp3) is 1.00. The number of hydrogen-bond donors (Lipinski definition) is 1. The summed E-state index contributed by atoms with van der Waals surface area (Å²) < 4.78 is 0. The lowest BCUT2D eigenvalue weighted by atomic mass is 9.62. The molecule has 0 saturated heterocycles. The number of hydrogen-bond acceptors (Lipinski definition) is 1. The summed E-state index contributed by atoms with van der Waals surface area (Å²) in [5.74, 6) is 0.925. The van der Waals surface area contributed by atoms with Gasteiger partial charge >= 0.3 is 0 Å². The van der Waals surface area contributed by atoms with E-state index in [4.69, 9.17) is 5.11 Å². The molecule has 1 rings (SSSR count). The molecule has 1 nitrogen and oxygen atoms in total. The Labute approximate surface area is 83.5 Å². The Kier molecular flexibility index (Phi) is 4.44. The molecule has 1 heteroatoms. The Morgan fingerprint density at radius 3 is 1.46 bits per heavy atom. The van der Waals surface area contributed by atoms with E-state index in [1.54, 1.807) is 0 Å². The molecule has 0 spiro atoms. The molecule has 0 radical (unpaired) electrons. The summed E-state index contributed by atoms with van der Waals surface area (Å²) in [5.41, 5.74) is 1.17. The van der Waals surface area contributed by atoms with Gasteiger partial charge in [-0.15, -0.1) is 0 Å². The fourth-order valence-corrected chi connectivity index (χ4v) is 3.40. The van der Waals surface area contributed by atoms with Crippen molar-refractivity contribution in [3.05, 3.63) is 0 Å². The molecule has 0 aromatic rings. The van der Waals surface area contributed by atoms with E-state index in [1.165, 1.54) is 19.3 Å². The first kappa shape index (κ1) is 13.0. The van der Waals surface area contributed by atoms with Crippen molar-refractivity contribution < 1.29 is 5.11 Å². The van der Waals surface area contributed by atoms with Crippen LogP contribution in [0.25, 0.3) is 0 Å². The van der Waals surface area contributed by atoms with Crippen molar-refractivity contribution in [2.45, 2.75) is 53.9 Å². The van der Waals surface area contributed by atoms with Gasteiger partial charge in [-0.3, -0.25) is 0 Å². The molecule has 0 aromatic carbocycles. The van der Waals surface area contributed by atoms with Gasteiger partial charge in [0.1, 0.15) is 0 Å². The molecule has 0 atom stereocenters. The molecule has 0 bridgehead atoms. The molecule has 0 heterocycles. The average Bonchev–Trinajstić information content (AvgIpc) is 1.82. The van der Waals surface area contributed by atoms with Crippen LogP contribution in [-0.4, -0.2) is 12.2 Å². The minimum absolute atomic E-state index is 0.584. The Morgan fingerprint density at radius 2 is 1.23 bits per heavy atom. The highest BCUT2D eigenvalue weighted by Crippen LogP contribution is 2.47. The van der Waals surface area contributed by atoms with Crippen LogP contribution in [0.3, 0.4) is 0 Å². The molecular formula is C12H26O. The zero-order chi connectivity index (χ0) is 10.7. The molecule has 1 fully saturated rings. The smallest absolute Gasteiger partial charge is 0.0319 e. The lowest BCUT2D eigenvalue weighted by Gasteiger charge is -2.44. The predicted molar refractivity (Wildman–Crippen MR) is 58.7 cm³/mol. The molecule has 1 aliphatic carbocycles. The summed E-state index contributed by atoms with van der Waals surface area (Å²) in [6.07, 6.45) is 4.22. The summed E-state index contributed by atoms with van der Waals surface area (Å²) in [4.78, 5) is 0. The van der Waals surface area contributed by atoms with Crippen LogP contribution in [0.15, 0.2) is 0 Å². The van der Waals surface area contributed by atoms with Crippen LogP contribution >= 0.6 is 0 Å². The van der Waals surface area contributed by atoms with Crippen LogP contribution < -0.4 is 0 Å². The Morgan fingerprint density at radius 1 is 0.923 bits per heavy atom. The van der Waals surface area contributed by atoms with Gasteiger partial charge in [0, 0.05) is 7.11 Å². The van der Waals surface area contributed by atoms with Gasteiger partial charge in [-0.05, 0) is 36.0 Å². The monoisotopic (exact) mass is 186 g/mol. The molecule has 0 amide bonds. The maximum atomic E-state index is 7.00. The van der Waals surface area contributed by atoms with Crippen molar-refractivity contribution in [3.63, 3.8) is 0 Å². The third-order valence-corrected chi connectivity index (χ3v) is 2.76. The van der Waals surface area contributed by atoms with Gasteiger partial charge in [0.2, 0.25) is 0 Å². The van der Waals surface area contributed by atoms with Crippen LogP contribution in [0.5, 0.6) is 0 Å². The second-order valence-electron chi connectivity index (χ2n) is 6.02. The summed E-state index contributed by atoms with van der Waals surface area (Å²) in [5, 5.41) is 7.00. The van der Waals surface area contributed by atoms with Gasteiger partial charge in [-0.25, -0.2) is 0 Å². The van der Waals surface area contributed by atoms with E-state index in [2.05, 4.69) is 34.6 Å². The zero-order valence-corrected chi connectivity index (χ0v) is 10.1. The van der Waals surface area contributed by atoms with Crippen LogP contribution in [0.4, 0.5) is 0 Å². The highest BCUT2D eigenvalue weighted by molar-refractivity contribution is 4.87. The molecule has 1 aliphatic rings. The lowest BCUT2D eigenvalue weighted by Crippen LogP contribution is -2.32. The van der Waals surface area contributed by atoms with Gasteiger partial charge in [-0.2, -0.15) is 0 Å². The number of rotatable bonds is 0. The van der Waals surface area contributed by atoms with Crippen LogP contribution in [0, 0.1) is 16.7 Å². The predicted octanol–water partition coefficient (Wildman–Crippen LogP) is 3.47. The van der Waals surface area contributed by atoms with E-state index in [0.29, 0.717) is 10.8 Å². The number of aliphatic hydroxyl groups is 1. The van der Waals surface area contributed by atoms with Gasteiger partial charge in [0.15, 0.2) is 0 Å². The Hall–Kier alpha value is -0.0400. The number of aliphatic hydroxyl groups excluding tert-OH is 1. The Balaban J connectivity index is 0.000000671. The Bertz CT molecular complexity index is 131. The maximum absolute atomic E-state index is 7.00. The molecular weight excluding hydrogens is 160 g/mol. The summed E-state index contributed by atoms with van der Waals surface area (Å²) >= 11 is 0. The summed E-state index contributed by atoms with van der Waals surface area (Å²) in [6, 6.07) is 0. The van der Waals surface area contributed by atoms with Gasteiger partial charge < -0.3 is 5.11 Å². The van der Waals surface area contributed by atoms with E-state index in [9.17, 15) is 0 Å². The first-order chi connectivity index (χ1) is 5.81. The van der Waals surface area contributed by atoms with Crippen molar-refractivity contribution in [3.8, 4) is 0 Å². The van der Waals surface area contributed by atoms with Crippen molar-refractivity contribution in [2.24, 2.45) is 16.7 Å². The lowest BCUT2D eigenvalue weighted by molar-refractivity contribution is 0.0754. The largest absolute Gasteiger partial charge is 0.400 e. The van der Waals surface area contributed by atoms with Crippen molar-refractivity contribution in [1.29, 1.82) is 0 Å². The molecule has 13 heavy (non-hydrogen) atoms. The van der Waals surface area contributed by atoms with Crippen molar-refractivity contribution in [2.75, 3.05) is 7.11 Å². The highest BCUT2D eigenvalue weighted by atomic mass is 16.2. The van der Waals surface area contributed by atoms with E-state index in [0.717, 1.165) is 13.0 Å². The topological polar surface area (TPSA) is 20.2 Å². The third-order valence-electron chi connectivity index (χ3n) is 2.76. The van der Waals surface area contributed by atoms with Gasteiger partial charge in [0.05, 0.1) is 0 Å². The molecule has 0 aromatic heterocycles. The van der Waals surface area contributed by atoms with Crippen molar-refractivity contribution >= 4 is 0 Å². The second kappa shape index (κ2) is 4.45. The molecule has 1 saturated carbocycles. The SMILES string of the molecule is CC1CC(C)(C)CC(C)(C)C1.CO. The van der Waals surface area contributed by atoms with E-state index in [-0.39, 0.29) is 0 Å². The quantitative estimate of drug-likeness (QED) is 0.614. The van der Waals surface area contributed by atoms with Crippen LogP contribution in [0.2, 0.25) is 0 Å². The van der Waals surface area contributed by atoms with Gasteiger partial charge in [0.25, 0.3) is 0 Å². The fourth-order valence-electron chi connectivity index (χ4n) is 3.40. The molecule has 80 valence electrons. The zero-order valence-electron chi connectivity index (χ0n) is 10.1. The minimum Gasteiger partial charge on any atom is -0.400 e. The van der Waals surface area contributed by atoms with E-state index in [1.807, 2.05) is 0 Å². The molecule has 0 unspecified atom stereocenters. The highest BCUT2D eigenvalue weighted by Gasteiger charge is 2.36. The third kappa shape index (κ3) is 4.66. The normalized spacial score (nSPS) is 26.1. The maximum Gasteiger partial charge on any atom is 0.0319 e. The molecule has 1 N–H and O–H groups in total. The summed E-state index contributed by atoms with van der Waals surface area (Å²) in [6.45, 7) is 12.0. The standard InChI is InChI=1S/C11H22.CH4O/c1-9-6-10(2,3)8-11(4,5)7-9;1-2/h9H,6-8H2,1-5H3;2H,1H3. The van der Waals surface area contributed by atoms with E-state index >= 15 is 0 Å². The summed E-state index contributed by atoms with van der Waals surface area (Å²) in [7, 11) is 1.00. The molecule has 0 aliphatic heterocycles. The van der Waals surface area contributed by atoms with Crippen LogP contribution in [-0.2, 0) is 0 Å². The minimum atomic E-state index is 0.584. The first-order valence-electron chi connectivity index (χ1n) is 5.26. The van der Waals surface area contributed by atoms with Crippen LogP contribution in [0.1, 0.15) is 53.9 Å². The first-order valence-corrected chi connectivity index (χ1v) is 5.26.